The minimum Gasteiger partial charge on any atom is -0.464 e. The molecule has 3 nitrogen and oxygen atoms in total. The Bertz CT molecular complexity index is 128. The van der Waals surface area contributed by atoms with Crippen LogP contribution >= 0.6 is 0 Å². The van der Waals surface area contributed by atoms with Gasteiger partial charge in [0.1, 0.15) is 0 Å². The molecule has 0 aliphatic carbocycles. The summed E-state index contributed by atoms with van der Waals surface area (Å²) in [7, 11) is 0. The van der Waals surface area contributed by atoms with Crippen LogP contribution in [0.15, 0.2) is 0 Å². The van der Waals surface area contributed by atoms with Gasteiger partial charge in [-0.1, -0.05) is 20.3 Å². The molecule has 0 aromatic rings. The van der Waals surface area contributed by atoms with Crippen molar-refractivity contribution in [3.63, 3.8) is 0 Å². The van der Waals surface area contributed by atoms with Gasteiger partial charge in [0.05, 0.1) is 6.61 Å². The second-order valence-corrected chi connectivity index (χ2v) is 2.90. The lowest BCUT2D eigenvalue weighted by Gasteiger charge is -2.14. The van der Waals surface area contributed by atoms with Gasteiger partial charge >= 0.3 is 5.97 Å². The molecule has 78 valence electrons. The summed E-state index contributed by atoms with van der Waals surface area (Å²) < 4.78 is 10.3. The van der Waals surface area contributed by atoms with Crippen molar-refractivity contribution in [3.8, 4) is 0 Å². The Kier molecular flexibility index (Phi) is 7.69. The summed E-state index contributed by atoms with van der Waals surface area (Å²) in [6.07, 6.45) is 2.18. The topological polar surface area (TPSA) is 35.5 Å². The number of hydrogen-bond donors (Lipinski definition) is 0. The maximum absolute atomic E-state index is 11.3. The number of rotatable bonds is 7. The molecular formula is C10H20O3. The van der Waals surface area contributed by atoms with E-state index in [1.807, 2.05) is 20.8 Å². The molecule has 0 spiro atoms. The van der Waals surface area contributed by atoms with Crippen molar-refractivity contribution in [2.75, 3.05) is 13.2 Å². The quantitative estimate of drug-likeness (QED) is 0.574. The van der Waals surface area contributed by atoms with E-state index >= 15 is 0 Å². The molecule has 1 unspecified atom stereocenters. The van der Waals surface area contributed by atoms with Crippen LogP contribution in [0.2, 0.25) is 0 Å². The zero-order valence-corrected chi connectivity index (χ0v) is 8.84. The molecular weight excluding hydrogens is 168 g/mol. The van der Waals surface area contributed by atoms with Crippen LogP contribution < -0.4 is 0 Å². The van der Waals surface area contributed by atoms with Crippen molar-refractivity contribution in [1.82, 2.24) is 0 Å². The molecule has 1 atom stereocenters. The van der Waals surface area contributed by atoms with Crippen molar-refractivity contribution in [1.29, 1.82) is 0 Å². The summed E-state index contributed by atoms with van der Waals surface area (Å²) in [4.78, 5) is 11.3. The summed E-state index contributed by atoms with van der Waals surface area (Å²) in [6.45, 7) is 6.94. The molecule has 13 heavy (non-hydrogen) atoms. The molecule has 0 aliphatic rings. The van der Waals surface area contributed by atoms with Crippen molar-refractivity contribution >= 4 is 5.97 Å². The van der Waals surface area contributed by atoms with Crippen LogP contribution in [0.4, 0.5) is 0 Å². The van der Waals surface area contributed by atoms with Gasteiger partial charge in [0.2, 0.25) is 0 Å². The van der Waals surface area contributed by atoms with Crippen LogP contribution in [0.5, 0.6) is 0 Å². The van der Waals surface area contributed by atoms with Crippen molar-refractivity contribution < 1.29 is 14.3 Å². The first kappa shape index (κ1) is 12.4. The summed E-state index contributed by atoms with van der Waals surface area (Å²) in [5.41, 5.74) is 0. The zero-order chi connectivity index (χ0) is 10.1. The van der Waals surface area contributed by atoms with E-state index in [-0.39, 0.29) is 12.1 Å². The summed E-state index contributed by atoms with van der Waals surface area (Å²) in [6, 6.07) is 0. The number of esters is 1. The van der Waals surface area contributed by atoms with E-state index < -0.39 is 0 Å². The van der Waals surface area contributed by atoms with Gasteiger partial charge < -0.3 is 9.47 Å². The van der Waals surface area contributed by atoms with Gasteiger partial charge in [-0.15, -0.1) is 0 Å². The molecule has 0 aliphatic heterocycles. The highest BCUT2D eigenvalue weighted by Crippen LogP contribution is 2.04. The van der Waals surface area contributed by atoms with Crippen LogP contribution in [0.3, 0.4) is 0 Å². The second-order valence-electron chi connectivity index (χ2n) is 2.90. The predicted molar refractivity (Wildman–Crippen MR) is 51.6 cm³/mol. The highest BCUT2D eigenvalue weighted by atomic mass is 16.6. The maximum atomic E-state index is 11.3. The average molecular weight is 188 g/mol. The minimum absolute atomic E-state index is 0.217. The summed E-state index contributed by atoms with van der Waals surface area (Å²) in [5, 5.41) is 0. The highest BCUT2D eigenvalue weighted by Gasteiger charge is 2.18. The Morgan fingerprint density at radius 3 is 2.38 bits per heavy atom. The fraction of sp³-hybridized carbons (Fsp3) is 0.900. The Hall–Kier alpha value is -0.570. The Balaban J connectivity index is 3.80. The summed E-state index contributed by atoms with van der Waals surface area (Å²) in [5.74, 6) is -0.217. The van der Waals surface area contributed by atoms with Gasteiger partial charge in [0, 0.05) is 6.61 Å². The van der Waals surface area contributed by atoms with Crippen molar-refractivity contribution in [2.45, 2.75) is 46.1 Å². The first-order valence-electron chi connectivity index (χ1n) is 5.04. The van der Waals surface area contributed by atoms with Crippen molar-refractivity contribution in [3.05, 3.63) is 0 Å². The van der Waals surface area contributed by atoms with E-state index in [1.54, 1.807) is 0 Å². The van der Waals surface area contributed by atoms with Crippen LogP contribution in [-0.4, -0.2) is 25.3 Å². The van der Waals surface area contributed by atoms with E-state index in [0.29, 0.717) is 13.2 Å². The van der Waals surface area contributed by atoms with Gasteiger partial charge in [0.15, 0.2) is 6.10 Å². The lowest BCUT2D eigenvalue weighted by atomic mass is 10.2. The van der Waals surface area contributed by atoms with E-state index in [2.05, 4.69) is 0 Å². The summed E-state index contributed by atoms with van der Waals surface area (Å²) >= 11 is 0. The lowest BCUT2D eigenvalue weighted by Crippen LogP contribution is -2.26. The molecule has 0 rings (SSSR count). The SMILES string of the molecule is CCCOC(=O)C(CCC)OCC. The predicted octanol–water partition coefficient (Wildman–Crippen LogP) is 2.14. The molecule has 0 heterocycles. The molecule has 0 N–H and O–H groups in total. The zero-order valence-electron chi connectivity index (χ0n) is 8.84. The Morgan fingerprint density at radius 1 is 1.23 bits per heavy atom. The fourth-order valence-electron chi connectivity index (χ4n) is 1.03. The molecule has 0 saturated carbocycles. The third kappa shape index (κ3) is 5.64. The molecule has 3 heteroatoms. The lowest BCUT2D eigenvalue weighted by molar-refractivity contribution is -0.157. The molecule has 0 bridgehead atoms. The molecule has 0 saturated heterocycles. The normalized spacial score (nSPS) is 12.5. The first-order valence-corrected chi connectivity index (χ1v) is 5.04. The van der Waals surface area contributed by atoms with Crippen LogP contribution in [0, 0.1) is 0 Å². The van der Waals surface area contributed by atoms with Gasteiger partial charge in [-0.3, -0.25) is 0 Å². The van der Waals surface area contributed by atoms with E-state index in [1.165, 1.54) is 0 Å². The smallest absolute Gasteiger partial charge is 0.335 e. The molecule has 0 aromatic heterocycles. The number of carbonyl (C=O) groups is 1. The Labute approximate surface area is 80.4 Å². The van der Waals surface area contributed by atoms with E-state index in [0.717, 1.165) is 19.3 Å². The number of carbonyl (C=O) groups excluding carboxylic acids is 1. The molecule has 0 radical (unpaired) electrons. The highest BCUT2D eigenvalue weighted by molar-refractivity contribution is 5.74. The number of hydrogen-bond acceptors (Lipinski definition) is 3. The van der Waals surface area contributed by atoms with Crippen LogP contribution in [0.25, 0.3) is 0 Å². The first-order chi connectivity index (χ1) is 6.26. The van der Waals surface area contributed by atoms with Crippen LogP contribution in [-0.2, 0) is 14.3 Å². The average Bonchev–Trinajstić information content (AvgIpc) is 2.14. The number of ether oxygens (including phenoxy) is 2. The third-order valence-electron chi connectivity index (χ3n) is 1.63. The fourth-order valence-corrected chi connectivity index (χ4v) is 1.03. The van der Waals surface area contributed by atoms with Gasteiger partial charge in [0.25, 0.3) is 0 Å². The van der Waals surface area contributed by atoms with Crippen molar-refractivity contribution in [2.24, 2.45) is 0 Å². The van der Waals surface area contributed by atoms with Gasteiger partial charge in [-0.25, -0.2) is 4.79 Å². The molecule has 0 amide bonds. The minimum atomic E-state index is -0.360. The molecule has 0 aromatic carbocycles. The molecule has 0 fully saturated rings. The van der Waals surface area contributed by atoms with Crippen LogP contribution in [0.1, 0.15) is 40.0 Å². The Morgan fingerprint density at radius 2 is 1.92 bits per heavy atom. The second kappa shape index (κ2) is 8.05. The standard InChI is InChI=1S/C10H20O3/c1-4-7-9(12-6-3)10(11)13-8-5-2/h9H,4-8H2,1-3H3. The van der Waals surface area contributed by atoms with E-state index in [9.17, 15) is 4.79 Å². The monoisotopic (exact) mass is 188 g/mol. The van der Waals surface area contributed by atoms with E-state index in [4.69, 9.17) is 9.47 Å². The third-order valence-corrected chi connectivity index (χ3v) is 1.63. The van der Waals surface area contributed by atoms with Gasteiger partial charge in [-0.2, -0.15) is 0 Å². The van der Waals surface area contributed by atoms with Gasteiger partial charge in [-0.05, 0) is 19.8 Å². The maximum Gasteiger partial charge on any atom is 0.335 e. The largest absolute Gasteiger partial charge is 0.464 e.